The van der Waals surface area contributed by atoms with Gasteiger partial charge in [0.1, 0.15) is 23.7 Å². The van der Waals surface area contributed by atoms with Crippen molar-refractivity contribution >= 4 is 17.2 Å². The summed E-state index contributed by atoms with van der Waals surface area (Å²) in [5, 5.41) is 2.82. The molecule has 0 N–H and O–H groups in total. The topological polar surface area (TPSA) is 68.2 Å². The average Bonchev–Trinajstić information content (AvgIpc) is 3.21. The van der Waals surface area contributed by atoms with Gasteiger partial charge in [0.25, 0.3) is 0 Å². The molecule has 0 aliphatic carbocycles. The van der Waals surface area contributed by atoms with E-state index in [1.54, 1.807) is 0 Å². The second kappa shape index (κ2) is 8.93. The lowest BCUT2D eigenvalue weighted by molar-refractivity contribution is -0.134. The third-order valence-corrected chi connectivity index (χ3v) is 5.70. The Bertz CT molecular complexity index is 901. The fourth-order valence-corrected chi connectivity index (χ4v) is 4.18. The van der Waals surface area contributed by atoms with Gasteiger partial charge in [0.2, 0.25) is 5.91 Å². The molecule has 0 spiro atoms. The van der Waals surface area contributed by atoms with Crippen molar-refractivity contribution in [2.24, 2.45) is 0 Å². The van der Waals surface area contributed by atoms with E-state index in [4.69, 9.17) is 4.74 Å². The van der Waals surface area contributed by atoms with Crippen molar-refractivity contribution in [3.8, 4) is 5.75 Å². The largest absolute Gasteiger partial charge is 0.486 e. The van der Waals surface area contributed by atoms with Gasteiger partial charge < -0.3 is 9.64 Å². The number of nitrogens with zero attached hydrogens (tertiary/aromatic N) is 4. The number of hydrogen-bond donors (Lipinski definition) is 0. The first-order valence-corrected chi connectivity index (χ1v) is 10.3. The Balaban J connectivity index is 1.38. The molecule has 0 radical (unpaired) electrons. The van der Waals surface area contributed by atoms with Crippen LogP contribution in [0.3, 0.4) is 0 Å². The van der Waals surface area contributed by atoms with Crippen LogP contribution in [0.2, 0.25) is 0 Å². The summed E-state index contributed by atoms with van der Waals surface area (Å²) in [5.41, 5.74) is 1.81. The minimum atomic E-state index is 0.0574. The van der Waals surface area contributed by atoms with Gasteiger partial charge in [-0.25, -0.2) is 15.0 Å². The van der Waals surface area contributed by atoms with E-state index in [0.29, 0.717) is 13.0 Å². The van der Waals surface area contributed by atoms with E-state index in [1.807, 2.05) is 53.0 Å². The first-order valence-electron chi connectivity index (χ1n) is 9.45. The molecule has 1 saturated heterocycles. The minimum absolute atomic E-state index is 0.0574. The number of amides is 1. The van der Waals surface area contributed by atoms with Gasteiger partial charge in [-0.1, -0.05) is 18.2 Å². The number of carbonyl (C=O) groups is 1. The van der Waals surface area contributed by atoms with E-state index in [9.17, 15) is 4.79 Å². The molecule has 1 amide bonds. The SMILES string of the molecule is O=C(Cc1csc(COc2ccccc2)n1)N1CCCCC1c1cncnc1. The van der Waals surface area contributed by atoms with Crippen LogP contribution in [0.25, 0.3) is 0 Å². The number of piperidine rings is 1. The highest BCUT2D eigenvalue weighted by Crippen LogP contribution is 2.30. The fourth-order valence-electron chi connectivity index (χ4n) is 3.47. The number of thiazole rings is 1. The van der Waals surface area contributed by atoms with Crippen LogP contribution in [0.1, 0.15) is 41.6 Å². The van der Waals surface area contributed by atoms with E-state index in [0.717, 1.165) is 47.8 Å². The van der Waals surface area contributed by atoms with Crippen LogP contribution in [-0.2, 0) is 17.8 Å². The number of hydrogen-bond acceptors (Lipinski definition) is 6. The van der Waals surface area contributed by atoms with Gasteiger partial charge in [-0.05, 0) is 31.4 Å². The quantitative estimate of drug-likeness (QED) is 0.636. The zero-order valence-corrected chi connectivity index (χ0v) is 16.3. The Morgan fingerprint density at radius 1 is 1.18 bits per heavy atom. The van der Waals surface area contributed by atoms with Crippen molar-refractivity contribution in [3.05, 3.63) is 70.7 Å². The zero-order valence-electron chi connectivity index (χ0n) is 15.5. The molecular weight excluding hydrogens is 372 g/mol. The van der Waals surface area contributed by atoms with E-state index in [1.165, 1.54) is 17.7 Å². The summed E-state index contributed by atoms with van der Waals surface area (Å²) < 4.78 is 5.74. The number of ether oxygens (including phenoxy) is 1. The molecule has 1 atom stereocenters. The van der Waals surface area contributed by atoms with E-state index < -0.39 is 0 Å². The Kier molecular flexibility index (Phi) is 5.92. The van der Waals surface area contributed by atoms with Crippen molar-refractivity contribution in [2.45, 2.75) is 38.3 Å². The smallest absolute Gasteiger partial charge is 0.229 e. The van der Waals surface area contributed by atoms with E-state index in [-0.39, 0.29) is 11.9 Å². The van der Waals surface area contributed by atoms with Gasteiger partial charge >= 0.3 is 0 Å². The molecule has 7 heteroatoms. The van der Waals surface area contributed by atoms with Crippen LogP contribution in [-0.4, -0.2) is 32.3 Å². The molecular formula is C21H22N4O2S. The van der Waals surface area contributed by atoms with Crippen molar-refractivity contribution < 1.29 is 9.53 Å². The number of rotatable bonds is 6. The molecule has 4 rings (SSSR count). The Labute approximate surface area is 168 Å². The number of carbonyl (C=O) groups excluding carboxylic acids is 1. The zero-order chi connectivity index (χ0) is 19.2. The first kappa shape index (κ1) is 18.6. The van der Waals surface area contributed by atoms with Crippen LogP contribution in [0.15, 0.2) is 54.4 Å². The van der Waals surface area contributed by atoms with Gasteiger partial charge in [-0.2, -0.15) is 0 Å². The van der Waals surface area contributed by atoms with Crippen LogP contribution in [0.4, 0.5) is 0 Å². The van der Waals surface area contributed by atoms with Crippen LogP contribution in [0, 0.1) is 0 Å². The number of aromatic nitrogens is 3. The molecule has 3 aromatic rings. The average molecular weight is 395 g/mol. The summed E-state index contributed by atoms with van der Waals surface area (Å²) in [6.45, 7) is 1.18. The maximum Gasteiger partial charge on any atom is 0.229 e. The van der Waals surface area contributed by atoms with Crippen molar-refractivity contribution in [1.82, 2.24) is 19.9 Å². The predicted octanol–water partition coefficient (Wildman–Crippen LogP) is 3.81. The molecule has 3 heterocycles. The molecule has 1 unspecified atom stereocenters. The third kappa shape index (κ3) is 4.54. The standard InChI is InChI=1S/C21H22N4O2S/c26-21(25-9-5-4-8-19(25)16-11-22-15-23-12-16)10-17-14-28-20(24-17)13-27-18-6-2-1-3-7-18/h1-3,6-7,11-12,14-15,19H,4-5,8-10,13H2. The highest BCUT2D eigenvalue weighted by atomic mass is 32.1. The molecule has 1 aromatic carbocycles. The van der Waals surface area contributed by atoms with Gasteiger partial charge in [0.15, 0.2) is 0 Å². The lowest BCUT2D eigenvalue weighted by Gasteiger charge is -2.35. The van der Waals surface area contributed by atoms with E-state index in [2.05, 4.69) is 15.0 Å². The molecule has 28 heavy (non-hydrogen) atoms. The summed E-state index contributed by atoms with van der Waals surface area (Å²) in [7, 11) is 0. The summed E-state index contributed by atoms with van der Waals surface area (Å²) in [6.07, 6.45) is 8.55. The van der Waals surface area contributed by atoms with Crippen molar-refractivity contribution in [2.75, 3.05) is 6.54 Å². The minimum Gasteiger partial charge on any atom is -0.486 e. The second-order valence-electron chi connectivity index (χ2n) is 6.78. The Hall–Kier alpha value is -2.80. The van der Waals surface area contributed by atoms with Crippen LogP contribution in [0.5, 0.6) is 5.75 Å². The molecule has 1 fully saturated rings. The highest BCUT2D eigenvalue weighted by molar-refractivity contribution is 7.09. The van der Waals surface area contributed by atoms with Crippen LogP contribution >= 0.6 is 11.3 Å². The lowest BCUT2D eigenvalue weighted by Crippen LogP contribution is -2.39. The molecule has 144 valence electrons. The second-order valence-corrected chi connectivity index (χ2v) is 7.72. The van der Waals surface area contributed by atoms with Gasteiger partial charge in [0.05, 0.1) is 18.2 Å². The molecule has 1 aliphatic rings. The first-order chi connectivity index (χ1) is 13.8. The molecule has 0 bridgehead atoms. The monoisotopic (exact) mass is 394 g/mol. The molecule has 1 aliphatic heterocycles. The van der Waals surface area contributed by atoms with Gasteiger partial charge in [-0.3, -0.25) is 4.79 Å². The molecule has 2 aromatic heterocycles. The normalized spacial score (nSPS) is 16.7. The highest BCUT2D eigenvalue weighted by Gasteiger charge is 2.28. The number of likely N-dealkylation sites (tertiary alicyclic amines) is 1. The van der Waals surface area contributed by atoms with E-state index >= 15 is 0 Å². The molecule has 6 nitrogen and oxygen atoms in total. The van der Waals surface area contributed by atoms with Gasteiger partial charge in [-0.15, -0.1) is 11.3 Å². The Morgan fingerprint density at radius 3 is 2.82 bits per heavy atom. The van der Waals surface area contributed by atoms with Gasteiger partial charge in [0, 0.05) is 29.9 Å². The maximum atomic E-state index is 13.0. The summed E-state index contributed by atoms with van der Waals surface area (Å²) in [4.78, 5) is 27.7. The summed E-state index contributed by atoms with van der Waals surface area (Å²) in [5.74, 6) is 0.922. The Morgan fingerprint density at radius 2 is 2.00 bits per heavy atom. The lowest BCUT2D eigenvalue weighted by atomic mass is 9.96. The van der Waals surface area contributed by atoms with Crippen molar-refractivity contribution in [3.63, 3.8) is 0 Å². The predicted molar refractivity (Wildman–Crippen MR) is 107 cm³/mol. The molecule has 0 saturated carbocycles. The van der Waals surface area contributed by atoms with Crippen molar-refractivity contribution in [1.29, 1.82) is 0 Å². The fraction of sp³-hybridized carbons (Fsp3) is 0.333. The third-order valence-electron chi connectivity index (χ3n) is 4.83. The maximum absolute atomic E-state index is 13.0. The number of benzene rings is 1. The number of para-hydroxylation sites is 1. The summed E-state index contributed by atoms with van der Waals surface area (Å²) >= 11 is 1.53. The van der Waals surface area contributed by atoms with Crippen LogP contribution < -0.4 is 4.74 Å². The summed E-state index contributed by atoms with van der Waals surface area (Å²) in [6, 6.07) is 9.73.